The quantitative estimate of drug-likeness (QED) is 0.738. The Hall–Kier alpha value is -1.77. The van der Waals surface area contributed by atoms with Crippen molar-refractivity contribution in [3.8, 4) is 0 Å². The van der Waals surface area contributed by atoms with Crippen LogP contribution in [-0.2, 0) is 5.41 Å². The van der Waals surface area contributed by atoms with Gasteiger partial charge in [-0.15, -0.1) is 0 Å². The molecule has 0 amide bonds. The summed E-state index contributed by atoms with van der Waals surface area (Å²) in [6.45, 7) is 6.49. The molecule has 3 N–H and O–H groups in total. The highest BCUT2D eigenvalue weighted by atomic mass is 14.8. The highest BCUT2D eigenvalue weighted by Gasteiger charge is 2.17. The average molecular weight is 229 g/mol. The molecule has 17 heavy (non-hydrogen) atoms. The van der Waals surface area contributed by atoms with Crippen LogP contribution in [-0.4, -0.2) is 12.0 Å². The maximum Gasteiger partial charge on any atom is 0.0727 e. The molecule has 0 saturated heterocycles. The zero-order valence-electron chi connectivity index (χ0n) is 10.8. The van der Waals surface area contributed by atoms with Gasteiger partial charge in [0.1, 0.15) is 0 Å². The lowest BCUT2D eigenvalue weighted by molar-refractivity contribution is 0.572. The summed E-state index contributed by atoms with van der Waals surface area (Å²) in [6, 6.07) is 7.92. The molecule has 0 aliphatic carbocycles. The topological polar surface area (TPSA) is 50.9 Å². The molecule has 0 aliphatic rings. The van der Waals surface area contributed by atoms with Crippen molar-refractivity contribution < 1.29 is 0 Å². The zero-order chi connectivity index (χ0) is 12.6. The molecule has 1 heterocycles. The van der Waals surface area contributed by atoms with Gasteiger partial charge >= 0.3 is 0 Å². The number of aromatic nitrogens is 1. The first-order valence-electron chi connectivity index (χ1n) is 5.80. The number of nitrogens with one attached hydrogen (secondary N) is 1. The number of fused-ring (bicyclic) bond motifs is 1. The summed E-state index contributed by atoms with van der Waals surface area (Å²) in [5, 5.41) is 4.28. The molecule has 0 fully saturated rings. The predicted molar refractivity (Wildman–Crippen MR) is 74.4 cm³/mol. The lowest BCUT2D eigenvalue weighted by Crippen LogP contribution is -2.14. The van der Waals surface area contributed by atoms with Gasteiger partial charge in [-0.1, -0.05) is 20.8 Å². The number of hydrogen-bond donors (Lipinski definition) is 2. The first-order chi connectivity index (χ1) is 7.91. The molecule has 2 rings (SSSR count). The van der Waals surface area contributed by atoms with E-state index in [4.69, 9.17) is 10.7 Å². The SMILES string of the molecule is CNc1cc(C(C)(C)C)nc2ccc(N)cc12. The Morgan fingerprint density at radius 2 is 1.88 bits per heavy atom. The Labute approximate surface area is 102 Å². The molecular weight excluding hydrogens is 210 g/mol. The molecule has 0 aliphatic heterocycles. The highest BCUT2D eigenvalue weighted by molar-refractivity contribution is 5.93. The number of pyridine rings is 1. The standard InChI is InChI=1S/C14H19N3/c1-14(2,3)13-8-12(16-4)10-7-9(15)5-6-11(10)17-13/h5-8H,15H2,1-4H3,(H,16,17). The molecule has 0 bridgehead atoms. The molecule has 0 unspecified atom stereocenters. The van der Waals surface area contributed by atoms with Crippen molar-refractivity contribution in [3.05, 3.63) is 30.0 Å². The second-order valence-corrected chi connectivity index (χ2v) is 5.33. The molecule has 90 valence electrons. The maximum atomic E-state index is 5.82. The van der Waals surface area contributed by atoms with Crippen LogP contribution in [0.5, 0.6) is 0 Å². The van der Waals surface area contributed by atoms with Crippen molar-refractivity contribution in [3.63, 3.8) is 0 Å². The first kappa shape index (κ1) is 11.7. The number of nitrogens with zero attached hydrogens (tertiary/aromatic N) is 1. The number of anilines is 2. The number of rotatable bonds is 1. The van der Waals surface area contributed by atoms with E-state index in [9.17, 15) is 0 Å². The lowest BCUT2D eigenvalue weighted by atomic mass is 9.90. The van der Waals surface area contributed by atoms with Gasteiger partial charge in [-0.3, -0.25) is 4.98 Å². The van der Waals surface area contributed by atoms with E-state index in [1.165, 1.54) is 0 Å². The maximum absolute atomic E-state index is 5.82. The minimum Gasteiger partial charge on any atom is -0.399 e. The molecule has 1 aromatic carbocycles. The van der Waals surface area contributed by atoms with Crippen LogP contribution >= 0.6 is 0 Å². The monoisotopic (exact) mass is 229 g/mol. The summed E-state index contributed by atoms with van der Waals surface area (Å²) in [5.41, 5.74) is 9.76. The highest BCUT2D eigenvalue weighted by Crippen LogP contribution is 2.29. The molecule has 0 radical (unpaired) electrons. The summed E-state index contributed by atoms with van der Waals surface area (Å²) in [7, 11) is 1.92. The van der Waals surface area contributed by atoms with Crippen LogP contribution in [0.1, 0.15) is 26.5 Å². The normalized spacial score (nSPS) is 11.8. The minimum absolute atomic E-state index is 0.0428. The number of benzene rings is 1. The van der Waals surface area contributed by atoms with Crippen LogP contribution in [0.15, 0.2) is 24.3 Å². The third-order valence-electron chi connectivity index (χ3n) is 2.87. The largest absolute Gasteiger partial charge is 0.399 e. The van der Waals surface area contributed by atoms with Crippen molar-refractivity contribution in [1.82, 2.24) is 4.98 Å². The summed E-state index contributed by atoms with van der Waals surface area (Å²) >= 11 is 0. The molecule has 2 aromatic rings. The molecule has 3 nitrogen and oxygen atoms in total. The van der Waals surface area contributed by atoms with Crippen molar-refractivity contribution in [2.24, 2.45) is 0 Å². The van der Waals surface area contributed by atoms with Gasteiger partial charge in [0.25, 0.3) is 0 Å². The van der Waals surface area contributed by atoms with Crippen LogP contribution in [0, 0.1) is 0 Å². The minimum atomic E-state index is 0.0428. The van der Waals surface area contributed by atoms with E-state index < -0.39 is 0 Å². The molecule has 0 spiro atoms. The molecule has 3 heteroatoms. The predicted octanol–water partition coefficient (Wildman–Crippen LogP) is 3.16. The van der Waals surface area contributed by atoms with Crippen LogP contribution in [0.4, 0.5) is 11.4 Å². The smallest absolute Gasteiger partial charge is 0.0727 e. The first-order valence-corrected chi connectivity index (χ1v) is 5.80. The molecular formula is C14H19N3. The Bertz CT molecular complexity index is 553. The summed E-state index contributed by atoms with van der Waals surface area (Å²) in [4.78, 5) is 4.70. The van der Waals surface area contributed by atoms with Crippen LogP contribution in [0.25, 0.3) is 10.9 Å². The van der Waals surface area contributed by atoms with E-state index >= 15 is 0 Å². The summed E-state index contributed by atoms with van der Waals surface area (Å²) in [6.07, 6.45) is 0. The van der Waals surface area contributed by atoms with Gasteiger partial charge in [-0.25, -0.2) is 0 Å². The lowest BCUT2D eigenvalue weighted by Gasteiger charge is -2.20. The summed E-state index contributed by atoms with van der Waals surface area (Å²) < 4.78 is 0. The Kier molecular flexibility index (Phi) is 2.69. The van der Waals surface area contributed by atoms with Gasteiger partial charge in [0.15, 0.2) is 0 Å². The average Bonchev–Trinajstić information content (AvgIpc) is 2.26. The Balaban J connectivity index is 2.75. The number of nitrogens with two attached hydrogens (primary N) is 1. The molecule has 0 saturated carbocycles. The van der Waals surface area contributed by atoms with E-state index in [1.54, 1.807) is 0 Å². The van der Waals surface area contributed by atoms with E-state index in [1.807, 2.05) is 25.2 Å². The van der Waals surface area contributed by atoms with Crippen molar-refractivity contribution in [2.75, 3.05) is 18.1 Å². The Morgan fingerprint density at radius 1 is 1.18 bits per heavy atom. The fraction of sp³-hybridized carbons (Fsp3) is 0.357. The van der Waals surface area contributed by atoms with Crippen LogP contribution in [0.2, 0.25) is 0 Å². The van der Waals surface area contributed by atoms with Gasteiger partial charge in [0.2, 0.25) is 0 Å². The van der Waals surface area contributed by atoms with Crippen LogP contribution in [0.3, 0.4) is 0 Å². The van der Waals surface area contributed by atoms with Crippen molar-refractivity contribution in [1.29, 1.82) is 0 Å². The van der Waals surface area contributed by atoms with Crippen LogP contribution < -0.4 is 11.1 Å². The van der Waals surface area contributed by atoms with E-state index in [0.717, 1.165) is 28.0 Å². The van der Waals surface area contributed by atoms with E-state index in [2.05, 4.69) is 32.2 Å². The second-order valence-electron chi connectivity index (χ2n) is 5.33. The Morgan fingerprint density at radius 3 is 2.47 bits per heavy atom. The van der Waals surface area contributed by atoms with E-state index in [-0.39, 0.29) is 5.41 Å². The van der Waals surface area contributed by atoms with Gasteiger partial charge in [0, 0.05) is 34.9 Å². The summed E-state index contributed by atoms with van der Waals surface area (Å²) in [5.74, 6) is 0. The fourth-order valence-corrected chi connectivity index (χ4v) is 1.83. The van der Waals surface area contributed by atoms with Crippen molar-refractivity contribution >= 4 is 22.3 Å². The van der Waals surface area contributed by atoms with Gasteiger partial charge in [-0.05, 0) is 24.3 Å². The number of nitrogen functional groups attached to an aromatic ring is 1. The number of hydrogen-bond acceptors (Lipinski definition) is 3. The van der Waals surface area contributed by atoms with Gasteiger partial charge in [-0.2, -0.15) is 0 Å². The second kappa shape index (κ2) is 3.91. The van der Waals surface area contributed by atoms with E-state index in [0.29, 0.717) is 0 Å². The zero-order valence-corrected chi connectivity index (χ0v) is 10.8. The third-order valence-corrected chi connectivity index (χ3v) is 2.87. The fourth-order valence-electron chi connectivity index (χ4n) is 1.83. The van der Waals surface area contributed by atoms with Gasteiger partial charge < -0.3 is 11.1 Å². The van der Waals surface area contributed by atoms with Crippen molar-refractivity contribution in [2.45, 2.75) is 26.2 Å². The molecule has 1 aromatic heterocycles. The van der Waals surface area contributed by atoms with Gasteiger partial charge in [0.05, 0.1) is 5.52 Å². The molecule has 0 atom stereocenters. The third kappa shape index (κ3) is 2.18.